The molecule has 2 aliphatic rings. The van der Waals surface area contributed by atoms with Crippen LogP contribution in [0.5, 0.6) is 0 Å². The molecule has 0 spiro atoms. The fourth-order valence-electron chi connectivity index (χ4n) is 5.50. The Labute approximate surface area is 200 Å². The average molecular weight is 492 g/mol. The zero-order chi connectivity index (χ0) is 23.8. The van der Waals surface area contributed by atoms with Gasteiger partial charge in [0.05, 0.1) is 16.9 Å². The summed E-state index contributed by atoms with van der Waals surface area (Å²) in [5.74, 6) is -0.399. The maximum absolute atomic E-state index is 13.3. The molecule has 0 unspecified atom stereocenters. The van der Waals surface area contributed by atoms with Crippen molar-refractivity contribution in [3.63, 3.8) is 0 Å². The monoisotopic (exact) mass is 491 g/mol. The first-order valence-corrected chi connectivity index (χ1v) is 13.7. The zero-order valence-electron chi connectivity index (χ0n) is 19.1. The van der Waals surface area contributed by atoms with Crippen molar-refractivity contribution in [3.05, 3.63) is 57.9 Å². The van der Waals surface area contributed by atoms with E-state index in [0.29, 0.717) is 29.8 Å². The van der Waals surface area contributed by atoms with Gasteiger partial charge in [0.2, 0.25) is 5.78 Å². The molecule has 0 amide bonds. The molecule has 178 valence electrons. The van der Waals surface area contributed by atoms with Gasteiger partial charge in [-0.05, 0) is 56.9 Å². The molecule has 1 saturated carbocycles. The Morgan fingerprint density at radius 1 is 1.15 bits per heavy atom. The molecule has 2 aromatic rings. The lowest BCUT2D eigenvalue weighted by Gasteiger charge is -2.35. The summed E-state index contributed by atoms with van der Waals surface area (Å²) in [6.45, 7) is 3.35. The molecule has 0 bridgehead atoms. The van der Waals surface area contributed by atoms with Gasteiger partial charge < -0.3 is 9.30 Å². The van der Waals surface area contributed by atoms with Crippen LogP contribution in [0.2, 0.25) is 5.02 Å². The average Bonchev–Trinajstić information content (AvgIpc) is 3.29. The van der Waals surface area contributed by atoms with Crippen LogP contribution in [0.3, 0.4) is 0 Å². The third kappa shape index (κ3) is 4.76. The van der Waals surface area contributed by atoms with Gasteiger partial charge in [-0.2, -0.15) is 0 Å². The zero-order valence-corrected chi connectivity index (χ0v) is 20.7. The minimum atomic E-state index is -3.04. The molecule has 8 heteroatoms. The van der Waals surface area contributed by atoms with Gasteiger partial charge in [-0.25, -0.2) is 8.42 Å². The number of esters is 1. The van der Waals surface area contributed by atoms with Crippen LogP contribution in [0.4, 0.5) is 0 Å². The van der Waals surface area contributed by atoms with Gasteiger partial charge in [0, 0.05) is 28.0 Å². The molecule has 2 heterocycles. The summed E-state index contributed by atoms with van der Waals surface area (Å²) in [7, 11) is -3.04. The number of aryl methyl sites for hydroxylation is 1. The SMILES string of the molecule is Cc1cc(C(=O)COC(=O)C2(c3cccc(Cl)c3)CCCCC2)c(C)n1[C@H]1CCS(=O)(=O)C1. The smallest absolute Gasteiger partial charge is 0.317 e. The van der Waals surface area contributed by atoms with Gasteiger partial charge in [0.15, 0.2) is 16.4 Å². The van der Waals surface area contributed by atoms with E-state index in [4.69, 9.17) is 16.3 Å². The van der Waals surface area contributed by atoms with Crippen LogP contribution in [0.15, 0.2) is 30.3 Å². The Balaban J connectivity index is 1.51. The van der Waals surface area contributed by atoms with Crippen LogP contribution in [0.1, 0.15) is 71.9 Å². The number of rotatable bonds is 6. The number of benzene rings is 1. The van der Waals surface area contributed by atoms with Gasteiger partial charge in [0.1, 0.15) is 0 Å². The highest BCUT2D eigenvalue weighted by molar-refractivity contribution is 7.91. The largest absolute Gasteiger partial charge is 0.457 e. The number of carbonyl (C=O) groups excluding carboxylic acids is 2. The lowest BCUT2D eigenvalue weighted by Crippen LogP contribution is -2.40. The van der Waals surface area contributed by atoms with Crippen LogP contribution in [-0.2, 0) is 24.8 Å². The summed E-state index contributed by atoms with van der Waals surface area (Å²) in [4.78, 5) is 26.3. The second-order valence-corrected chi connectivity index (χ2v) is 12.0. The van der Waals surface area contributed by atoms with Crippen molar-refractivity contribution in [2.75, 3.05) is 18.1 Å². The summed E-state index contributed by atoms with van der Waals surface area (Å²) < 4.78 is 31.4. The topological polar surface area (TPSA) is 82.4 Å². The van der Waals surface area contributed by atoms with Crippen molar-refractivity contribution in [1.82, 2.24) is 4.57 Å². The highest BCUT2D eigenvalue weighted by atomic mass is 35.5. The van der Waals surface area contributed by atoms with Gasteiger partial charge >= 0.3 is 5.97 Å². The van der Waals surface area contributed by atoms with Crippen LogP contribution in [0.25, 0.3) is 0 Å². The maximum atomic E-state index is 13.3. The number of ether oxygens (including phenoxy) is 1. The molecule has 1 aromatic heterocycles. The Morgan fingerprint density at radius 3 is 2.52 bits per heavy atom. The number of hydrogen-bond acceptors (Lipinski definition) is 5. The molecule has 1 aliphatic carbocycles. The summed E-state index contributed by atoms with van der Waals surface area (Å²) in [6.07, 6.45) is 4.79. The fourth-order valence-corrected chi connectivity index (χ4v) is 7.39. The number of aromatic nitrogens is 1. The summed E-state index contributed by atoms with van der Waals surface area (Å²) in [6, 6.07) is 8.95. The minimum Gasteiger partial charge on any atom is -0.457 e. The third-order valence-corrected chi connectivity index (χ3v) is 9.15. The highest BCUT2D eigenvalue weighted by Crippen LogP contribution is 2.41. The first kappa shape index (κ1) is 24.0. The molecule has 33 heavy (non-hydrogen) atoms. The van der Waals surface area contributed by atoms with E-state index in [-0.39, 0.29) is 35.9 Å². The van der Waals surface area contributed by atoms with E-state index >= 15 is 0 Å². The maximum Gasteiger partial charge on any atom is 0.317 e. The van der Waals surface area contributed by atoms with Crippen molar-refractivity contribution in [2.45, 2.75) is 63.8 Å². The highest BCUT2D eigenvalue weighted by Gasteiger charge is 2.43. The van der Waals surface area contributed by atoms with Crippen LogP contribution in [0, 0.1) is 13.8 Å². The van der Waals surface area contributed by atoms with Gasteiger partial charge in [-0.1, -0.05) is 43.0 Å². The van der Waals surface area contributed by atoms with E-state index in [1.165, 1.54) is 0 Å². The molecule has 6 nitrogen and oxygen atoms in total. The molecule has 1 aromatic carbocycles. The van der Waals surface area contributed by atoms with Gasteiger partial charge in [-0.15, -0.1) is 0 Å². The predicted octanol–water partition coefficient (Wildman–Crippen LogP) is 4.75. The van der Waals surface area contributed by atoms with Crippen molar-refractivity contribution in [1.29, 1.82) is 0 Å². The third-order valence-electron chi connectivity index (χ3n) is 7.17. The van der Waals surface area contributed by atoms with E-state index in [1.807, 2.05) is 36.6 Å². The van der Waals surface area contributed by atoms with Crippen molar-refractivity contribution < 1.29 is 22.7 Å². The lowest BCUT2D eigenvalue weighted by atomic mass is 9.69. The number of carbonyl (C=O) groups is 2. The molecular formula is C25H30ClNO5S. The van der Waals surface area contributed by atoms with Crippen LogP contribution < -0.4 is 0 Å². The fraction of sp³-hybridized carbons (Fsp3) is 0.520. The number of sulfone groups is 1. The normalized spacial score (nSPS) is 21.6. The van der Waals surface area contributed by atoms with E-state index in [2.05, 4.69) is 0 Å². The van der Waals surface area contributed by atoms with E-state index in [0.717, 1.165) is 36.2 Å². The molecule has 1 atom stereocenters. The van der Waals surface area contributed by atoms with Crippen molar-refractivity contribution >= 4 is 33.2 Å². The molecule has 4 rings (SSSR count). The minimum absolute atomic E-state index is 0.0914. The summed E-state index contributed by atoms with van der Waals surface area (Å²) in [5.41, 5.74) is 2.10. The second kappa shape index (κ2) is 9.26. The summed E-state index contributed by atoms with van der Waals surface area (Å²) in [5, 5.41) is 0.572. The number of halogens is 1. The molecule has 1 aliphatic heterocycles. The van der Waals surface area contributed by atoms with E-state index in [1.54, 1.807) is 12.1 Å². The standard InChI is InChI=1S/C25H30ClNO5S/c1-17-13-22(18(2)27(17)21-9-12-33(30,31)16-21)23(28)15-32-24(29)25(10-4-3-5-11-25)19-7-6-8-20(26)14-19/h6-8,13-14,21H,3-5,9-12,15-16H2,1-2H3/t21-/m0/s1. The van der Waals surface area contributed by atoms with Gasteiger partial charge in [0.25, 0.3) is 0 Å². The molecule has 0 N–H and O–H groups in total. The molecular weight excluding hydrogens is 462 g/mol. The van der Waals surface area contributed by atoms with Crippen LogP contribution >= 0.6 is 11.6 Å². The Morgan fingerprint density at radius 2 is 1.88 bits per heavy atom. The van der Waals surface area contributed by atoms with Crippen LogP contribution in [-0.4, -0.2) is 42.9 Å². The Kier molecular flexibility index (Phi) is 6.74. The number of ketones is 1. The van der Waals surface area contributed by atoms with Gasteiger partial charge in [-0.3, -0.25) is 9.59 Å². The van der Waals surface area contributed by atoms with E-state index in [9.17, 15) is 18.0 Å². The quantitative estimate of drug-likeness (QED) is 0.430. The second-order valence-electron chi connectivity index (χ2n) is 9.36. The Hall–Kier alpha value is -2.12. The molecule has 1 saturated heterocycles. The van der Waals surface area contributed by atoms with E-state index < -0.39 is 15.3 Å². The number of hydrogen-bond donors (Lipinski definition) is 0. The predicted molar refractivity (Wildman–Crippen MR) is 128 cm³/mol. The Bertz CT molecular complexity index is 1180. The number of nitrogens with zero attached hydrogens (tertiary/aromatic N) is 1. The molecule has 0 radical (unpaired) electrons. The lowest BCUT2D eigenvalue weighted by molar-refractivity contribution is -0.151. The van der Waals surface area contributed by atoms with Crippen molar-refractivity contribution in [3.8, 4) is 0 Å². The van der Waals surface area contributed by atoms with Crippen molar-refractivity contribution in [2.24, 2.45) is 0 Å². The number of Topliss-reactive ketones (excluding diaryl/α,β-unsaturated/α-hetero) is 1. The molecule has 2 fully saturated rings. The first-order valence-electron chi connectivity index (χ1n) is 11.5. The first-order chi connectivity index (χ1) is 15.6. The summed E-state index contributed by atoms with van der Waals surface area (Å²) >= 11 is 6.20.